The lowest BCUT2D eigenvalue weighted by molar-refractivity contribution is 0.628. The quantitative estimate of drug-likeness (QED) is 0.700. The van der Waals surface area contributed by atoms with Crippen LogP contribution in [0.15, 0.2) is 32.5 Å². The molecule has 0 aliphatic rings. The minimum Gasteiger partial charge on any atom is -0.380 e. The second-order valence-electron chi connectivity index (χ2n) is 3.32. The predicted molar refractivity (Wildman–Crippen MR) is 78.5 cm³/mol. The van der Waals surface area contributed by atoms with Gasteiger partial charge in [0.25, 0.3) is 0 Å². The van der Waals surface area contributed by atoms with E-state index in [-0.39, 0.29) is 5.02 Å². The highest BCUT2D eigenvalue weighted by Crippen LogP contribution is 2.32. The van der Waals surface area contributed by atoms with Gasteiger partial charge in [-0.1, -0.05) is 11.6 Å². The molecule has 1 nitrogen and oxygen atoms in total. The summed E-state index contributed by atoms with van der Waals surface area (Å²) in [7, 11) is 0. The zero-order chi connectivity index (χ0) is 12.4. The van der Waals surface area contributed by atoms with E-state index in [1.165, 1.54) is 10.9 Å². The standard InChI is InChI=1S/C11H7Br2ClFNS/c12-8-4-7(17-11(8)13)5-16-6-1-2-10(15)9(14)3-6/h1-4,16H,5H2. The topological polar surface area (TPSA) is 12.0 Å². The van der Waals surface area contributed by atoms with Gasteiger partial charge >= 0.3 is 0 Å². The van der Waals surface area contributed by atoms with Crippen molar-refractivity contribution in [3.05, 3.63) is 48.2 Å². The van der Waals surface area contributed by atoms with Crippen molar-refractivity contribution in [2.24, 2.45) is 0 Å². The average molecular weight is 400 g/mol. The third-order valence-electron chi connectivity index (χ3n) is 2.08. The van der Waals surface area contributed by atoms with Crippen molar-refractivity contribution >= 4 is 60.5 Å². The van der Waals surface area contributed by atoms with E-state index in [0.29, 0.717) is 6.54 Å². The summed E-state index contributed by atoms with van der Waals surface area (Å²) in [5.41, 5.74) is 0.803. The van der Waals surface area contributed by atoms with Gasteiger partial charge in [0.1, 0.15) is 5.82 Å². The second-order valence-corrected chi connectivity index (χ2v) is 7.03. The Kier molecular flexibility index (Phi) is 4.47. The number of anilines is 1. The predicted octanol–water partition coefficient (Wildman–Crippen LogP) is 5.68. The van der Waals surface area contributed by atoms with Crippen molar-refractivity contribution in [1.82, 2.24) is 0 Å². The molecule has 1 aromatic carbocycles. The van der Waals surface area contributed by atoms with Crippen LogP contribution in [0.3, 0.4) is 0 Å². The van der Waals surface area contributed by atoms with Crippen molar-refractivity contribution < 1.29 is 4.39 Å². The first-order valence-corrected chi connectivity index (χ1v) is 7.47. The number of benzene rings is 1. The molecule has 0 aliphatic heterocycles. The van der Waals surface area contributed by atoms with E-state index in [0.717, 1.165) is 13.9 Å². The number of nitrogens with one attached hydrogen (secondary N) is 1. The van der Waals surface area contributed by atoms with Crippen LogP contribution >= 0.6 is 54.8 Å². The molecule has 1 aromatic heterocycles. The summed E-state index contributed by atoms with van der Waals surface area (Å²) in [6.07, 6.45) is 0. The molecule has 0 unspecified atom stereocenters. The van der Waals surface area contributed by atoms with Gasteiger partial charge in [-0.15, -0.1) is 11.3 Å². The van der Waals surface area contributed by atoms with Gasteiger partial charge in [0.05, 0.1) is 8.81 Å². The molecular formula is C11H7Br2ClFNS. The number of halogens is 4. The molecule has 0 amide bonds. The Balaban J connectivity index is 2.04. The molecule has 1 N–H and O–H groups in total. The Morgan fingerprint density at radius 1 is 1.29 bits per heavy atom. The first kappa shape index (κ1) is 13.3. The van der Waals surface area contributed by atoms with Gasteiger partial charge < -0.3 is 5.32 Å². The molecule has 0 aliphatic carbocycles. The maximum absolute atomic E-state index is 12.9. The van der Waals surface area contributed by atoms with Crippen LogP contribution in [0.1, 0.15) is 4.88 Å². The zero-order valence-corrected chi connectivity index (χ0v) is 13.2. The van der Waals surface area contributed by atoms with Gasteiger partial charge in [0.2, 0.25) is 0 Å². The van der Waals surface area contributed by atoms with Gasteiger partial charge in [-0.3, -0.25) is 0 Å². The number of rotatable bonds is 3. The van der Waals surface area contributed by atoms with E-state index in [1.54, 1.807) is 23.5 Å². The Hall–Kier alpha value is -0.100. The molecule has 0 radical (unpaired) electrons. The average Bonchev–Trinajstić information content (AvgIpc) is 2.60. The molecule has 0 saturated heterocycles. The number of hydrogen-bond acceptors (Lipinski definition) is 2. The normalized spacial score (nSPS) is 10.6. The SMILES string of the molecule is Fc1ccc(NCc2cc(Br)c(Br)s2)cc1Cl. The molecule has 0 atom stereocenters. The summed E-state index contributed by atoms with van der Waals surface area (Å²) < 4.78 is 15.0. The van der Waals surface area contributed by atoms with Gasteiger partial charge in [0.15, 0.2) is 0 Å². The maximum Gasteiger partial charge on any atom is 0.141 e. The third kappa shape index (κ3) is 3.44. The van der Waals surface area contributed by atoms with Gasteiger partial charge in [-0.25, -0.2) is 4.39 Å². The van der Waals surface area contributed by atoms with Crippen LogP contribution < -0.4 is 5.32 Å². The summed E-state index contributed by atoms with van der Waals surface area (Å²) in [4.78, 5) is 1.17. The zero-order valence-electron chi connectivity index (χ0n) is 8.44. The summed E-state index contributed by atoms with van der Waals surface area (Å²) >= 11 is 14.2. The monoisotopic (exact) mass is 397 g/mol. The first-order chi connectivity index (χ1) is 8.06. The van der Waals surface area contributed by atoms with Crippen molar-refractivity contribution in [2.45, 2.75) is 6.54 Å². The van der Waals surface area contributed by atoms with Crippen molar-refractivity contribution in [2.75, 3.05) is 5.32 Å². The molecule has 90 valence electrons. The second kappa shape index (κ2) is 5.69. The van der Waals surface area contributed by atoms with Crippen molar-refractivity contribution in [3.8, 4) is 0 Å². The van der Waals surface area contributed by atoms with E-state index >= 15 is 0 Å². The molecule has 0 fully saturated rings. The highest BCUT2D eigenvalue weighted by molar-refractivity contribution is 9.13. The van der Waals surface area contributed by atoms with E-state index in [9.17, 15) is 4.39 Å². The highest BCUT2D eigenvalue weighted by atomic mass is 79.9. The summed E-state index contributed by atoms with van der Waals surface area (Å²) in [6, 6.07) is 6.63. The van der Waals surface area contributed by atoms with Crippen LogP contribution in [0.2, 0.25) is 5.02 Å². The Morgan fingerprint density at radius 2 is 2.06 bits per heavy atom. The molecule has 0 saturated carbocycles. The number of thiophene rings is 1. The third-order valence-corrected chi connectivity index (χ3v) is 5.63. The van der Waals surface area contributed by atoms with Crippen molar-refractivity contribution in [3.63, 3.8) is 0 Å². The van der Waals surface area contributed by atoms with Crippen LogP contribution in [0.25, 0.3) is 0 Å². The maximum atomic E-state index is 12.9. The van der Waals surface area contributed by atoms with Gasteiger partial charge in [-0.2, -0.15) is 0 Å². The fourth-order valence-electron chi connectivity index (χ4n) is 1.27. The van der Waals surface area contributed by atoms with Crippen LogP contribution in [-0.2, 0) is 6.54 Å². The molecule has 2 aromatic rings. The van der Waals surface area contributed by atoms with E-state index in [1.807, 2.05) is 6.07 Å². The van der Waals surface area contributed by atoms with Gasteiger partial charge in [0, 0.05) is 21.6 Å². The summed E-state index contributed by atoms with van der Waals surface area (Å²) in [5.74, 6) is -0.404. The Morgan fingerprint density at radius 3 is 2.65 bits per heavy atom. The minimum absolute atomic E-state index is 0.128. The van der Waals surface area contributed by atoms with Crippen LogP contribution in [0.5, 0.6) is 0 Å². The van der Waals surface area contributed by atoms with Crippen LogP contribution in [-0.4, -0.2) is 0 Å². The summed E-state index contributed by atoms with van der Waals surface area (Å²) in [6.45, 7) is 0.677. The summed E-state index contributed by atoms with van der Waals surface area (Å²) in [5, 5.41) is 3.32. The lowest BCUT2D eigenvalue weighted by Gasteiger charge is -2.05. The molecule has 1 heterocycles. The Labute approximate surface area is 124 Å². The molecular weight excluding hydrogens is 392 g/mol. The van der Waals surface area contributed by atoms with E-state index < -0.39 is 5.82 Å². The molecule has 0 spiro atoms. The first-order valence-electron chi connectivity index (χ1n) is 4.69. The fourth-order valence-corrected chi connectivity index (χ4v) is 3.57. The Bertz CT molecular complexity index is 525. The van der Waals surface area contributed by atoms with Crippen LogP contribution in [0, 0.1) is 5.82 Å². The smallest absolute Gasteiger partial charge is 0.141 e. The van der Waals surface area contributed by atoms with E-state index in [4.69, 9.17) is 11.6 Å². The van der Waals surface area contributed by atoms with E-state index in [2.05, 4.69) is 37.2 Å². The van der Waals surface area contributed by atoms with Crippen LogP contribution in [0.4, 0.5) is 10.1 Å². The molecule has 17 heavy (non-hydrogen) atoms. The fraction of sp³-hybridized carbons (Fsp3) is 0.0909. The molecule has 0 bridgehead atoms. The molecule has 2 rings (SSSR count). The van der Waals surface area contributed by atoms with Gasteiger partial charge in [-0.05, 0) is 56.1 Å². The van der Waals surface area contributed by atoms with Crippen molar-refractivity contribution in [1.29, 1.82) is 0 Å². The lowest BCUT2D eigenvalue weighted by atomic mass is 10.3. The molecule has 6 heteroatoms. The lowest BCUT2D eigenvalue weighted by Crippen LogP contribution is -1.97. The number of hydrogen-bond donors (Lipinski definition) is 1. The highest BCUT2D eigenvalue weighted by Gasteiger charge is 2.05. The minimum atomic E-state index is -0.404. The largest absolute Gasteiger partial charge is 0.380 e.